The first kappa shape index (κ1) is 30.4. The molecule has 0 bridgehead atoms. The molecule has 0 aromatic rings. The third-order valence-electron chi connectivity index (χ3n) is 5.77. The van der Waals surface area contributed by atoms with Crippen molar-refractivity contribution in [2.75, 3.05) is 32.7 Å². The number of rotatable bonds is 11. The quantitative estimate of drug-likeness (QED) is 0.272. The Morgan fingerprint density at radius 3 is 2.25 bits per heavy atom. The molecule has 28 heavy (non-hydrogen) atoms. The topological polar surface area (TPSA) is 110 Å². The molecular weight excluding hydrogens is 427 g/mol. The molecule has 168 valence electrons. The fraction of sp³-hybridized carbons (Fsp3) is 0.941. The van der Waals surface area contributed by atoms with E-state index in [0.29, 0.717) is 31.7 Å². The maximum absolute atomic E-state index is 11.7. The number of halogens is 3. The molecule has 7 nitrogen and oxygen atoms in total. The summed E-state index contributed by atoms with van der Waals surface area (Å²) in [6.07, 6.45) is 7.20. The Balaban J connectivity index is 0. The number of aliphatic carboxylic acids is 1. The number of carboxylic acids is 1. The summed E-state index contributed by atoms with van der Waals surface area (Å²) >= 11 is 0. The average molecular weight is 465 g/mol. The molecule has 0 amide bonds. The Kier molecular flexibility index (Phi) is 16.4. The van der Waals surface area contributed by atoms with Gasteiger partial charge in [-0.15, -0.1) is 37.2 Å². The van der Waals surface area contributed by atoms with E-state index in [1.807, 2.05) is 0 Å². The zero-order valence-corrected chi connectivity index (χ0v) is 19.0. The number of carboxylic acid groups (broad SMARTS) is 1. The second-order valence-corrected chi connectivity index (χ2v) is 7.78. The van der Waals surface area contributed by atoms with Crippen molar-refractivity contribution in [3.8, 4) is 0 Å². The maximum atomic E-state index is 11.7. The lowest BCUT2D eigenvalue weighted by atomic mass is 9.81. The van der Waals surface area contributed by atoms with E-state index in [1.54, 1.807) is 0 Å². The van der Waals surface area contributed by atoms with Gasteiger partial charge in [-0.1, -0.05) is 12.8 Å². The second-order valence-electron chi connectivity index (χ2n) is 7.78. The van der Waals surface area contributed by atoms with Gasteiger partial charge in [0.05, 0.1) is 0 Å². The smallest absolute Gasteiger partial charge is 0.451 e. The van der Waals surface area contributed by atoms with Gasteiger partial charge in [0.15, 0.2) is 0 Å². The van der Waals surface area contributed by atoms with Crippen molar-refractivity contribution in [3.63, 3.8) is 0 Å². The van der Waals surface area contributed by atoms with E-state index in [4.69, 9.17) is 15.8 Å². The fourth-order valence-corrected chi connectivity index (χ4v) is 4.11. The molecule has 2 fully saturated rings. The minimum atomic E-state index is -1.33. The maximum Gasteiger partial charge on any atom is 0.451 e. The molecule has 5 N–H and O–H groups in total. The van der Waals surface area contributed by atoms with Gasteiger partial charge in [0, 0.05) is 19.1 Å². The van der Waals surface area contributed by atoms with Gasteiger partial charge >= 0.3 is 13.1 Å². The molecule has 0 spiro atoms. The molecule has 2 rings (SSSR count). The number of unbranched alkanes of at least 4 members (excludes halogenated alkanes) is 1. The lowest BCUT2D eigenvalue weighted by molar-refractivity contribution is -0.144. The standard InChI is InChI=1S/C17H34BN3O4.3ClH/c19-17(16(22)23,7-1-2-9-18(24)25)8-13-21-12-5-6-15(21)14-20-10-3-4-11-20;;;/h15,24-25H,1-14,19H2,(H,22,23);3*1H. The lowest BCUT2D eigenvalue weighted by Gasteiger charge is -2.32. The highest BCUT2D eigenvalue weighted by molar-refractivity contribution is 6.40. The van der Waals surface area contributed by atoms with Crippen molar-refractivity contribution in [3.05, 3.63) is 0 Å². The van der Waals surface area contributed by atoms with Crippen LogP contribution in [0.2, 0.25) is 6.32 Å². The zero-order chi connectivity index (χ0) is 18.3. The van der Waals surface area contributed by atoms with E-state index >= 15 is 0 Å². The van der Waals surface area contributed by atoms with Crippen molar-refractivity contribution >= 4 is 50.3 Å². The highest BCUT2D eigenvalue weighted by atomic mass is 35.5. The molecular formula is C17H37BCl3N3O4. The van der Waals surface area contributed by atoms with E-state index in [0.717, 1.165) is 19.6 Å². The molecule has 2 atom stereocenters. The third kappa shape index (κ3) is 9.81. The summed E-state index contributed by atoms with van der Waals surface area (Å²) in [5, 5.41) is 27.3. The van der Waals surface area contributed by atoms with Crippen LogP contribution in [0.1, 0.15) is 51.4 Å². The molecule has 2 unspecified atom stereocenters. The van der Waals surface area contributed by atoms with Crippen LogP contribution in [-0.4, -0.2) is 82.3 Å². The Morgan fingerprint density at radius 1 is 1.04 bits per heavy atom. The van der Waals surface area contributed by atoms with Gasteiger partial charge < -0.3 is 25.8 Å². The van der Waals surface area contributed by atoms with Crippen molar-refractivity contribution in [1.29, 1.82) is 0 Å². The van der Waals surface area contributed by atoms with Gasteiger partial charge in [-0.25, -0.2) is 0 Å². The van der Waals surface area contributed by atoms with Gasteiger partial charge in [0.2, 0.25) is 0 Å². The number of carbonyl (C=O) groups is 1. The van der Waals surface area contributed by atoms with E-state index in [1.165, 1.54) is 38.8 Å². The predicted molar refractivity (Wildman–Crippen MR) is 120 cm³/mol. The number of hydrogen-bond acceptors (Lipinski definition) is 6. The molecule has 2 aliphatic heterocycles. The van der Waals surface area contributed by atoms with Crippen LogP contribution in [0.25, 0.3) is 0 Å². The van der Waals surface area contributed by atoms with Gasteiger partial charge in [0.25, 0.3) is 0 Å². The molecule has 0 aromatic heterocycles. The van der Waals surface area contributed by atoms with Crippen molar-refractivity contribution in [2.24, 2.45) is 5.73 Å². The summed E-state index contributed by atoms with van der Waals surface area (Å²) in [5.74, 6) is -0.952. The Hall–Kier alpha value is 0.205. The summed E-state index contributed by atoms with van der Waals surface area (Å²) in [7, 11) is -1.33. The Bertz CT molecular complexity index is 434. The second kappa shape index (κ2) is 15.1. The van der Waals surface area contributed by atoms with Crippen LogP contribution in [0.3, 0.4) is 0 Å². The van der Waals surface area contributed by atoms with Crippen molar-refractivity contribution < 1.29 is 19.9 Å². The van der Waals surface area contributed by atoms with Gasteiger partial charge in [-0.3, -0.25) is 9.69 Å². The molecule has 0 saturated carbocycles. The summed E-state index contributed by atoms with van der Waals surface area (Å²) in [6, 6.07) is 0.528. The molecule has 2 saturated heterocycles. The van der Waals surface area contributed by atoms with Gasteiger partial charge in [-0.05, 0) is 64.5 Å². The van der Waals surface area contributed by atoms with Crippen molar-refractivity contribution in [2.45, 2.75) is 69.3 Å². The van der Waals surface area contributed by atoms with E-state index in [2.05, 4.69) is 9.80 Å². The largest absolute Gasteiger partial charge is 0.480 e. The number of nitrogens with two attached hydrogens (primary N) is 1. The minimum Gasteiger partial charge on any atom is -0.480 e. The normalized spacial score (nSPS) is 21.9. The molecule has 2 aliphatic rings. The van der Waals surface area contributed by atoms with Crippen LogP contribution in [0.15, 0.2) is 0 Å². The van der Waals surface area contributed by atoms with E-state index in [-0.39, 0.29) is 43.5 Å². The molecule has 2 heterocycles. The van der Waals surface area contributed by atoms with Crippen molar-refractivity contribution in [1.82, 2.24) is 9.80 Å². The Morgan fingerprint density at radius 2 is 1.68 bits per heavy atom. The van der Waals surface area contributed by atoms with E-state index < -0.39 is 18.6 Å². The van der Waals surface area contributed by atoms with Gasteiger partial charge in [0.1, 0.15) is 5.54 Å². The summed E-state index contributed by atoms with van der Waals surface area (Å²) < 4.78 is 0. The first-order chi connectivity index (χ1) is 11.9. The monoisotopic (exact) mass is 463 g/mol. The average Bonchev–Trinajstić information content (AvgIpc) is 3.22. The van der Waals surface area contributed by atoms with E-state index in [9.17, 15) is 9.90 Å². The van der Waals surface area contributed by atoms with Crippen LogP contribution in [0, 0.1) is 0 Å². The fourth-order valence-electron chi connectivity index (χ4n) is 4.11. The first-order valence-electron chi connectivity index (χ1n) is 9.75. The number of nitrogens with zero attached hydrogens (tertiary/aromatic N) is 2. The van der Waals surface area contributed by atoms with Crippen LogP contribution < -0.4 is 5.73 Å². The SMILES string of the molecule is Cl.Cl.Cl.NC(CCCCB(O)O)(CCN1CCCC1CN1CCCC1)C(=O)O. The van der Waals surface area contributed by atoms with Crippen LogP contribution in [0.4, 0.5) is 0 Å². The third-order valence-corrected chi connectivity index (χ3v) is 5.77. The highest BCUT2D eigenvalue weighted by Crippen LogP contribution is 2.24. The molecule has 0 radical (unpaired) electrons. The zero-order valence-electron chi connectivity index (χ0n) is 16.5. The minimum absolute atomic E-state index is 0. The number of hydrogen-bond donors (Lipinski definition) is 4. The highest BCUT2D eigenvalue weighted by Gasteiger charge is 2.35. The summed E-state index contributed by atoms with van der Waals surface area (Å²) in [6.45, 7) is 5.24. The van der Waals surface area contributed by atoms with Crippen LogP contribution >= 0.6 is 37.2 Å². The van der Waals surface area contributed by atoms with Gasteiger partial charge in [-0.2, -0.15) is 0 Å². The molecule has 0 aromatic carbocycles. The van der Waals surface area contributed by atoms with Crippen LogP contribution in [0.5, 0.6) is 0 Å². The van der Waals surface area contributed by atoms with Crippen LogP contribution in [-0.2, 0) is 4.79 Å². The lowest BCUT2D eigenvalue weighted by Crippen LogP contribution is -2.51. The predicted octanol–water partition coefficient (Wildman–Crippen LogP) is 1.63. The number of likely N-dealkylation sites (tertiary alicyclic amines) is 2. The molecule has 11 heteroatoms. The summed E-state index contributed by atoms with van der Waals surface area (Å²) in [4.78, 5) is 16.6. The first-order valence-corrected chi connectivity index (χ1v) is 9.75. The summed E-state index contributed by atoms with van der Waals surface area (Å²) in [5.41, 5.74) is 4.96. The Labute approximate surface area is 187 Å². The molecule has 0 aliphatic carbocycles.